The highest BCUT2D eigenvalue weighted by atomic mass is 19.1. The fourth-order valence-electron chi connectivity index (χ4n) is 5.28. The third-order valence-corrected chi connectivity index (χ3v) is 7.40. The van der Waals surface area contributed by atoms with Gasteiger partial charge in [-0.25, -0.2) is 4.39 Å². The number of ether oxygens (including phenoxy) is 1. The van der Waals surface area contributed by atoms with E-state index in [1.54, 1.807) is 12.1 Å². The van der Waals surface area contributed by atoms with Crippen LogP contribution in [-0.2, 0) is 14.9 Å². The maximum Gasteiger partial charge on any atom is 0.254 e. The predicted octanol–water partition coefficient (Wildman–Crippen LogP) is 3.83. The molecule has 3 fully saturated rings. The number of rotatable bonds is 5. The van der Waals surface area contributed by atoms with Gasteiger partial charge in [-0.15, -0.1) is 0 Å². The lowest BCUT2D eigenvalue weighted by atomic mass is 9.87. The fraction of sp³-hybridized carbons (Fsp3) is 0.462. The zero-order valence-electron chi connectivity index (χ0n) is 18.2. The number of carbonyl (C=O) groups is 2. The molecule has 1 saturated carbocycles. The lowest BCUT2D eigenvalue weighted by Crippen LogP contribution is -2.50. The summed E-state index contributed by atoms with van der Waals surface area (Å²) in [6.07, 6.45) is 5.21. The Morgan fingerprint density at radius 1 is 0.969 bits per heavy atom. The second kappa shape index (κ2) is 8.32. The topological polar surface area (TPSA) is 58.6 Å². The molecule has 6 heteroatoms. The number of hydrogen-bond acceptors (Lipinski definition) is 3. The van der Waals surface area contributed by atoms with Crippen molar-refractivity contribution < 1.29 is 18.7 Å². The van der Waals surface area contributed by atoms with E-state index >= 15 is 0 Å². The number of hydrogen-bond donors (Lipinski definition) is 1. The van der Waals surface area contributed by atoms with E-state index in [4.69, 9.17) is 4.74 Å². The van der Waals surface area contributed by atoms with Crippen molar-refractivity contribution in [2.75, 3.05) is 19.6 Å². The van der Waals surface area contributed by atoms with Crippen LogP contribution in [0.5, 0.6) is 0 Å². The van der Waals surface area contributed by atoms with Gasteiger partial charge >= 0.3 is 0 Å². The zero-order valence-corrected chi connectivity index (χ0v) is 18.2. The van der Waals surface area contributed by atoms with Crippen LogP contribution in [0.2, 0.25) is 0 Å². The number of carbonyl (C=O) groups excluding carboxylic acids is 2. The minimum atomic E-state index is -0.519. The van der Waals surface area contributed by atoms with Crippen molar-refractivity contribution in [2.45, 2.75) is 55.6 Å². The molecule has 1 spiro atoms. The Bertz CT molecular complexity index is 997. The molecular weight excluding hydrogens is 407 g/mol. The quantitative estimate of drug-likeness (QED) is 0.775. The van der Waals surface area contributed by atoms with Crippen molar-refractivity contribution in [1.29, 1.82) is 0 Å². The molecule has 0 bridgehead atoms. The van der Waals surface area contributed by atoms with Crippen LogP contribution in [-0.4, -0.2) is 48.1 Å². The Hall–Kier alpha value is -2.73. The molecule has 0 radical (unpaired) electrons. The lowest BCUT2D eigenvalue weighted by molar-refractivity contribution is -0.140. The van der Waals surface area contributed by atoms with Crippen LogP contribution in [0.3, 0.4) is 0 Å². The minimum absolute atomic E-state index is 0.0550. The van der Waals surface area contributed by atoms with E-state index in [9.17, 15) is 14.0 Å². The first-order chi connectivity index (χ1) is 15.5. The fourth-order valence-corrected chi connectivity index (χ4v) is 5.28. The zero-order chi connectivity index (χ0) is 22.2. The smallest absolute Gasteiger partial charge is 0.254 e. The van der Waals surface area contributed by atoms with Crippen LogP contribution in [0, 0.1) is 5.82 Å². The van der Waals surface area contributed by atoms with E-state index in [0.29, 0.717) is 19.6 Å². The SMILES string of the molecule is O=C(NCC1CCC2(CCN(C(=O)C3(c4ccccc4)CC3)CC2)O1)c1ccccc1F. The van der Waals surface area contributed by atoms with Gasteiger partial charge in [0, 0.05) is 19.6 Å². The van der Waals surface area contributed by atoms with E-state index < -0.39 is 11.7 Å². The number of benzene rings is 2. The second-order valence-corrected chi connectivity index (χ2v) is 9.39. The third kappa shape index (κ3) is 3.92. The van der Waals surface area contributed by atoms with Gasteiger partial charge in [-0.3, -0.25) is 9.59 Å². The van der Waals surface area contributed by atoms with Gasteiger partial charge in [0.05, 0.1) is 22.7 Å². The van der Waals surface area contributed by atoms with E-state index in [2.05, 4.69) is 17.4 Å². The summed E-state index contributed by atoms with van der Waals surface area (Å²) in [5.74, 6) is -0.677. The molecule has 1 unspecified atom stereocenters. The van der Waals surface area contributed by atoms with E-state index in [1.165, 1.54) is 12.1 Å². The summed E-state index contributed by atoms with van der Waals surface area (Å²) in [6.45, 7) is 1.79. The van der Waals surface area contributed by atoms with Gasteiger partial charge < -0.3 is 15.0 Å². The van der Waals surface area contributed by atoms with Crippen molar-refractivity contribution in [1.82, 2.24) is 10.2 Å². The average molecular weight is 437 g/mol. The molecule has 1 atom stereocenters. The molecule has 3 aliphatic rings. The largest absolute Gasteiger partial charge is 0.370 e. The first-order valence-corrected chi connectivity index (χ1v) is 11.6. The van der Waals surface area contributed by atoms with Gasteiger partial charge in [-0.05, 0) is 56.2 Å². The normalized spacial score (nSPS) is 23.2. The molecule has 32 heavy (non-hydrogen) atoms. The predicted molar refractivity (Wildman–Crippen MR) is 119 cm³/mol. The molecule has 0 aromatic heterocycles. The molecule has 1 N–H and O–H groups in total. The van der Waals surface area contributed by atoms with Gasteiger partial charge in [-0.1, -0.05) is 42.5 Å². The summed E-state index contributed by atoms with van der Waals surface area (Å²) in [6, 6.07) is 16.1. The summed E-state index contributed by atoms with van der Waals surface area (Å²) in [4.78, 5) is 27.6. The molecule has 5 rings (SSSR count). The summed E-state index contributed by atoms with van der Waals surface area (Å²) >= 11 is 0. The first kappa shape index (κ1) is 21.1. The molecule has 5 nitrogen and oxygen atoms in total. The van der Waals surface area contributed by atoms with Crippen molar-refractivity contribution in [3.05, 3.63) is 71.5 Å². The summed E-state index contributed by atoms with van der Waals surface area (Å²) in [5, 5.41) is 2.81. The van der Waals surface area contributed by atoms with Gasteiger partial charge in [0.2, 0.25) is 5.91 Å². The number of likely N-dealkylation sites (tertiary alicyclic amines) is 1. The third-order valence-electron chi connectivity index (χ3n) is 7.40. The maximum atomic E-state index is 13.8. The molecule has 2 saturated heterocycles. The van der Waals surface area contributed by atoms with Crippen LogP contribution in [0.1, 0.15) is 54.4 Å². The Morgan fingerprint density at radius 3 is 2.34 bits per heavy atom. The van der Waals surface area contributed by atoms with Crippen molar-refractivity contribution in [3.8, 4) is 0 Å². The van der Waals surface area contributed by atoms with Crippen molar-refractivity contribution in [3.63, 3.8) is 0 Å². The minimum Gasteiger partial charge on any atom is -0.370 e. The number of piperidine rings is 1. The van der Waals surface area contributed by atoms with E-state index in [-0.39, 0.29) is 28.6 Å². The monoisotopic (exact) mass is 436 g/mol. The number of halogens is 1. The Morgan fingerprint density at radius 2 is 1.66 bits per heavy atom. The van der Waals surface area contributed by atoms with Gasteiger partial charge in [-0.2, -0.15) is 0 Å². The molecule has 2 amide bonds. The van der Waals surface area contributed by atoms with Crippen LogP contribution >= 0.6 is 0 Å². The summed E-state index contributed by atoms with van der Waals surface area (Å²) in [7, 11) is 0. The number of amides is 2. The summed E-state index contributed by atoms with van der Waals surface area (Å²) in [5.41, 5.74) is 0.655. The highest BCUT2D eigenvalue weighted by Crippen LogP contribution is 2.50. The molecular formula is C26H29FN2O3. The molecule has 2 heterocycles. The summed E-state index contributed by atoms with van der Waals surface area (Å²) < 4.78 is 20.2. The Labute approximate surface area is 187 Å². The van der Waals surface area contributed by atoms with E-state index in [0.717, 1.165) is 44.1 Å². The molecule has 1 aliphatic carbocycles. The average Bonchev–Trinajstić information content (AvgIpc) is 3.55. The van der Waals surface area contributed by atoms with E-state index in [1.807, 2.05) is 23.1 Å². The first-order valence-electron chi connectivity index (χ1n) is 11.6. The van der Waals surface area contributed by atoms with Crippen LogP contribution in [0.4, 0.5) is 4.39 Å². The highest BCUT2D eigenvalue weighted by Gasteiger charge is 2.54. The lowest BCUT2D eigenvalue weighted by Gasteiger charge is -2.40. The molecule has 168 valence electrons. The molecule has 2 aromatic carbocycles. The van der Waals surface area contributed by atoms with Crippen molar-refractivity contribution in [2.24, 2.45) is 0 Å². The maximum absolute atomic E-state index is 13.8. The highest BCUT2D eigenvalue weighted by molar-refractivity contribution is 5.94. The Balaban J connectivity index is 1.13. The van der Waals surface area contributed by atoms with Crippen molar-refractivity contribution >= 4 is 11.8 Å². The van der Waals surface area contributed by atoms with Crippen LogP contribution in [0.15, 0.2) is 54.6 Å². The standard InChI is InChI=1S/C26H29FN2O3/c27-22-9-5-4-8-21(22)23(30)28-18-20-10-11-25(32-20)14-16-29(17-15-25)24(31)26(12-13-26)19-6-2-1-3-7-19/h1-9,20H,10-18H2,(H,28,30). The van der Waals surface area contributed by atoms with Crippen LogP contribution in [0.25, 0.3) is 0 Å². The Kier molecular flexibility index (Phi) is 5.49. The van der Waals surface area contributed by atoms with Gasteiger partial charge in [0.25, 0.3) is 5.91 Å². The molecule has 2 aromatic rings. The number of nitrogens with one attached hydrogen (secondary N) is 1. The van der Waals surface area contributed by atoms with Gasteiger partial charge in [0.1, 0.15) is 5.82 Å². The second-order valence-electron chi connectivity index (χ2n) is 9.39. The van der Waals surface area contributed by atoms with Gasteiger partial charge in [0.15, 0.2) is 0 Å². The van der Waals surface area contributed by atoms with Crippen LogP contribution < -0.4 is 5.32 Å². The number of nitrogens with zero attached hydrogens (tertiary/aromatic N) is 1. The molecule has 2 aliphatic heterocycles.